The van der Waals surface area contributed by atoms with Crippen molar-refractivity contribution in [1.82, 2.24) is 14.9 Å². The topological polar surface area (TPSA) is 72.8 Å². The summed E-state index contributed by atoms with van der Waals surface area (Å²) in [5.41, 5.74) is 1.01. The third-order valence-electron chi connectivity index (χ3n) is 5.19. The molecule has 9 heteroatoms. The maximum atomic E-state index is 13.8. The molecule has 0 aliphatic carbocycles. The molecule has 0 amide bonds. The number of nitriles is 1. The number of H-pyrrole nitrogens is 1. The molecule has 0 radical (unpaired) electrons. The van der Waals surface area contributed by atoms with E-state index in [9.17, 15) is 22.4 Å². The van der Waals surface area contributed by atoms with Crippen molar-refractivity contribution in [3.63, 3.8) is 0 Å². The Bertz CT molecular complexity index is 1230. The SMILES string of the molecule is N#Cc1ccc(CN2CCc3nc(-c4ccc(C(F)(F)F)cc4)[nH]c(=O)c3C2)cc1F. The van der Waals surface area contributed by atoms with Crippen molar-refractivity contribution in [1.29, 1.82) is 5.26 Å². The van der Waals surface area contributed by atoms with E-state index in [-0.39, 0.29) is 16.9 Å². The quantitative estimate of drug-likeness (QED) is 0.640. The van der Waals surface area contributed by atoms with Gasteiger partial charge in [0.15, 0.2) is 0 Å². The summed E-state index contributed by atoms with van der Waals surface area (Å²) in [5.74, 6) is -0.363. The number of aromatic amines is 1. The van der Waals surface area contributed by atoms with Crippen LogP contribution in [0.1, 0.15) is 27.9 Å². The zero-order chi connectivity index (χ0) is 22.2. The second kappa shape index (κ2) is 7.96. The lowest BCUT2D eigenvalue weighted by Gasteiger charge is -2.27. The van der Waals surface area contributed by atoms with Gasteiger partial charge in [0.1, 0.15) is 17.7 Å². The minimum Gasteiger partial charge on any atom is -0.306 e. The Morgan fingerprint density at radius 1 is 1.16 bits per heavy atom. The summed E-state index contributed by atoms with van der Waals surface area (Å²) in [6, 6.07) is 10.6. The number of benzene rings is 2. The van der Waals surface area contributed by atoms with Crippen molar-refractivity contribution < 1.29 is 17.6 Å². The van der Waals surface area contributed by atoms with Crippen LogP contribution in [0.3, 0.4) is 0 Å². The van der Waals surface area contributed by atoms with E-state index in [0.29, 0.717) is 48.4 Å². The van der Waals surface area contributed by atoms with Gasteiger partial charge in [0, 0.05) is 31.6 Å². The number of hydrogen-bond donors (Lipinski definition) is 1. The molecule has 3 aromatic rings. The van der Waals surface area contributed by atoms with Gasteiger partial charge in [0.2, 0.25) is 0 Å². The molecule has 2 aromatic carbocycles. The van der Waals surface area contributed by atoms with E-state index >= 15 is 0 Å². The highest BCUT2D eigenvalue weighted by atomic mass is 19.4. The van der Waals surface area contributed by atoms with Gasteiger partial charge in [-0.1, -0.05) is 18.2 Å². The van der Waals surface area contributed by atoms with Crippen LogP contribution in [0, 0.1) is 17.1 Å². The van der Waals surface area contributed by atoms with E-state index in [1.807, 2.05) is 4.90 Å². The molecule has 0 saturated heterocycles. The summed E-state index contributed by atoms with van der Waals surface area (Å²) in [5, 5.41) is 8.83. The van der Waals surface area contributed by atoms with E-state index in [4.69, 9.17) is 5.26 Å². The number of fused-ring (bicyclic) bond motifs is 1. The highest BCUT2D eigenvalue weighted by molar-refractivity contribution is 5.56. The maximum Gasteiger partial charge on any atom is 0.416 e. The summed E-state index contributed by atoms with van der Waals surface area (Å²) < 4.78 is 52.1. The molecule has 31 heavy (non-hydrogen) atoms. The average molecular weight is 428 g/mol. The number of rotatable bonds is 3. The van der Waals surface area contributed by atoms with Crippen LogP contribution in [0.15, 0.2) is 47.3 Å². The fraction of sp³-hybridized carbons (Fsp3) is 0.227. The van der Waals surface area contributed by atoms with Gasteiger partial charge in [-0.15, -0.1) is 0 Å². The lowest BCUT2D eigenvalue weighted by molar-refractivity contribution is -0.137. The van der Waals surface area contributed by atoms with Crippen LogP contribution >= 0.6 is 0 Å². The van der Waals surface area contributed by atoms with Crippen LogP contribution < -0.4 is 5.56 Å². The average Bonchev–Trinajstić information content (AvgIpc) is 2.74. The summed E-state index contributed by atoms with van der Waals surface area (Å²) in [6.45, 7) is 1.30. The zero-order valence-corrected chi connectivity index (χ0v) is 16.1. The van der Waals surface area contributed by atoms with Crippen molar-refractivity contribution in [3.05, 3.63) is 86.6 Å². The molecule has 2 heterocycles. The third-order valence-corrected chi connectivity index (χ3v) is 5.19. The Labute approximate surface area is 174 Å². The van der Waals surface area contributed by atoms with Crippen LogP contribution in [0.4, 0.5) is 17.6 Å². The molecule has 0 fully saturated rings. The molecule has 4 rings (SSSR count). The first-order valence-electron chi connectivity index (χ1n) is 9.45. The molecule has 158 valence electrons. The van der Waals surface area contributed by atoms with Crippen molar-refractivity contribution in [3.8, 4) is 17.5 Å². The van der Waals surface area contributed by atoms with E-state index in [2.05, 4.69) is 9.97 Å². The van der Waals surface area contributed by atoms with Gasteiger partial charge < -0.3 is 4.98 Å². The van der Waals surface area contributed by atoms with E-state index in [1.54, 1.807) is 12.1 Å². The second-order valence-electron chi connectivity index (χ2n) is 7.30. The minimum absolute atomic E-state index is 0.0239. The standard InChI is InChI=1S/C22H16F4N4O/c23-18-9-13(1-2-15(18)10-27)11-30-8-7-19-17(12-30)21(31)29-20(28-19)14-3-5-16(6-4-14)22(24,25)26/h1-6,9H,7-8,11-12H2,(H,28,29,31). The first-order chi connectivity index (χ1) is 14.7. The van der Waals surface area contributed by atoms with Crippen molar-refractivity contribution in [2.24, 2.45) is 0 Å². The Kier molecular flexibility index (Phi) is 5.33. The van der Waals surface area contributed by atoms with Crippen molar-refractivity contribution in [2.75, 3.05) is 6.54 Å². The second-order valence-corrected chi connectivity index (χ2v) is 7.30. The molecule has 1 aliphatic rings. The van der Waals surface area contributed by atoms with Crippen molar-refractivity contribution in [2.45, 2.75) is 25.7 Å². The predicted octanol–water partition coefficient (Wildman–Crippen LogP) is 4.02. The molecule has 0 saturated carbocycles. The van der Waals surface area contributed by atoms with Crippen molar-refractivity contribution >= 4 is 0 Å². The van der Waals surface area contributed by atoms with Gasteiger partial charge in [-0.3, -0.25) is 9.69 Å². The first kappa shape index (κ1) is 20.8. The number of nitrogens with one attached hydrogen (secondary N) is 1. The Morgan fingerprint density at radius 2 is 1.90 bits per heavy atom. The molecule has 1 N–H and O–H groups in total. The molecular weight excluding hydrogens is 412 g/mol. The molecule has 0 bridgehead atoms. The Hall–Kier alpha value is -3.51. The summed E-state index contributed by atoms with van der Waals surface area (Å²) >= 11 is 0. The molecule has 1 aromatic heterocycles. The van der Waals surface area contributed by atoms with Gasteiger partial charge in [-0.2, -0.15) is 18.4 Å². The summed E-state index contributed by atoms with van der Waals surface area (Å²) in [4.78, 5) is 21.7. The monoisotopic (exact) mass is 428 g/mol. The highest BCUT2D eigenvalue weighted by Gasteiger charge is 2.30. The van der Waals surface area contributed by atoms with Crippen LogP contribution in [-0.4, -0.2) is 21.4 Å². The fourth-order valence-corrected chi connectivity index (χ4v) is 3.58. The molecule has 0 atom stereocenters. The Morgan fingerprint density at radius 3 is 2.55 bits per heavy atom. The number of nitrogens with zero attached hydrogens (tertiary/aromatic N) is 3. The van der Waals surface area contributed by atoms with Gasteiger partial charge in [-0.05, 0) is 29.8 Å². The van der Waals surface area contributed by atoms with Crippen LogP contribution in [0.25, 0.3) is 11.4 Å². The molecule has 5 nitrogen and oxygen atoms in total. The molecular formula is C22H16F4N4O. The van der Waals surface area contributed by atoms with Gasteiger partial charge >= 0.3 is 6.18 Å². The zero-order valence-electron chi connectivity index (χ0n) is 16.1. The largest absolute Gasteiger partial charge is 0.416 e. The van der Waals surface area contributed by atoms with Gasteiger partial charge in [0.25, 0.3) is 5.56 Å². The summed E-state index contributed by atoms with van der Waals surface area (Å²) in [6.07, 6.45) is -3.96. The molecule has 0 spiro atoms. The third kappa shape index (κ3) is 4.34. The maximum absolute atomic E-state index is 13.8. The minimum atomic E-state index is -4.43. The number of hydrogen-bond acceptors (Lipinski definition) is 4. The lowest BCUT2D eigenvalue weighted by atomic mass is 10.0. The number of halogens is 4. The van der Waals surface area contributed by atoms with Gasteiger partial charge in [-0.25, -0.2) is 9.37 Å². The van der Waals surface area contributed by atoms with Crippen LogP contribution in [-0.2, 0) is 25.7 Å². The number of aromatic nitrogens is 2. The van der Waals surface area contributed by atoms with E-state index < -0.39 is 17.6 Å². The highest BCUT2D eigenvalue weighted by Crippen LogP contribution is 2.30. The van der Waals surface area contributed by atoms with Crippen LogP contribution in [0.2, 0.25) is 0 Å². The Balaban J connectivity index is 1.54. The van der Waals surface area contributed by atoms with E-state index in [0.717, 1.165) is 12.1 Å². The lowest BCUT2D eigenvalue weighted by Crippen LogP contribution is -2.35. The van der Waals surface area contributed by atoms with Gasteiger partial charge in [0.05, 0.1) is 22.4 Å². The fourth-order valence-electron chi connectivity index (χ4n) is 3.58. The van der Waals surface area contributed by atoms with Crippen LogP contribution in [0.5, 0.6) is 0 Å². The smallest absolute Gasteiger partial charge is 0.306 e. The number of alkyl halides is 3. The predicted molar refractivity (Wildman–Crippen MR) is 104 cm³/mol. The van der Waals surface area contributed by atoms with E-state index in [1.165, 1.54) is 24.3 Å². The molecule has 0 unspecified atom stereocenters. The summed E-state index contributed by atoms with van der Waals surface area (Å²) in [7, 11) is 0. The molecule has 1 aliphatic heterocycles. The first-order valence-corrected chi connectivity index (χ1v) is 9.45. The normalized spacial score (nSPS) is 14.2.